The Bertz CT molecular complexity index is 1080. The van der Waals surface area contributed by atoms with Crippen molar-refractivity contribution in [3.8, 4) is 11.8 Å². The Kier molecular flexibility index (Phi) is 6.33. The largest absolute Gasteiger partial charge is 0.497 e. The highest BCUT2D eigenvalue weighted by Crippen LogP contribution is 2.30. The minimum Gasteiger partial charge on any atom is -0.497 e. The minimum atomic E-state index is -0.574. The summed E-state index contributed by atoms with van der Waals surface area (Å²) in [6, 6.07) is 8.86. The number of thiazole rings is 2. The number of nitriles is 1. The van der Waals surface area contributed by atoms with Crippen LogP contribution in [0.5, 0.6) is 5.75 Å². The van der Waals surface area contributed by atoms with Crippen LogP contribution in [0.2, 0.25) is 0 Å². The average Bonchev–Trinajstić information content (AvgIpc) is 3.38. The lowest BCUT2D eigenvalue weighted by molar-refractivity contribution is -0.116. The molecule has 0 saturated carbocycles. The molecule has 3 rings (SSSR count). The zero-order valence-corrected chi connectivity index (χ0v) is 17.1. The monoisotopic (exact) mass is 425 g/mol. The van der Waals surface area contributed by atoms with Gasteiger partial charge >= 0.3 is 0 Å². The summed E-state index contributed by atoms with van der Waals surface area (Å²) in [5, 5.41) is 16.1. The SMILES string of the molecule is COc1ccc(N(C(C)=O)c2nc(/C=C(\C#N)C(=O)Nc3nccs3)cs2)cc1. The molecule has 2 amide bonds. The van der Waals surface area contributed by atoms with E-state index in [1.165, 1.54) is 40.6 Å². The Labute approximate surface area is 174 Å². The van der Waals surface area contributed by atoms with Gasteiger partial charge in [0.05, 0.1) is 18.5 Å². The van der Waals surface area contributed by atoms with E-state index in [0.717, 1.165) is 0 Å². The van der Waals surface area contributed by atoms with Crippen LogP contribution in [0.3, 0.4) is 0 Å². The van der Waals surface area contributed by atoms with E-state index in [2.05, 4.69) is 15.3 Å². The number of amides is 2. The van der Waals surface area contributed by atoms with Gasteiger partial charge < -0.3 is 4.74 Å². The molecule has 3 aromatic rings. The van der Waals surface area contributed by atoms with Crippen LogP contribution in [0.15, 0.2) is 46.8 Å². The topological polar surface area (TPSA) is 108 Å². The number of hydrogen-bond acceptors (Lipinski definition) is 8. The fourth-order valence-electron chi connectivity index (χ4n) is 2.35. The molecule has 0 radical (unpaired) electrons. The molecule has 0 unspecified atom stereocenters. The van der Waals surface area contributed by atoms with Crippen LogP contribution in [0.25, 0.3) is 6.08 Å². The maximum atomic E-state index is 12.2. The van der Waals surface area contributed by atoms with Gasteiger partial charge in [0.2, 0.25) is 5.91 Å². The van der Waals surface area contributed by atoms with Crippen LogP contribution >= 0.6 is 22.7 Å². The van der Waals surface area contributed by atoms with Crippen LogP contribution in [0.1, 0.15) is 12.6 Å². The van der Waals surface area contributed by atoms with Gasteiger partial charge in [-0.25, -0.2) is 9.97 Å². The molecule has 0 bridgehead atoms. The van der Waals surface area contributed by atoms with Gasteiger partial charge in [0.25, 0.3) is 5.91 Å². The first-order chi connectivity index (χ1) is 14.0. The van der Waals surface area contributed by atoms with Crippen LogP contribution in [0, 0.1) is 11.3 Å². The zero-order valence-electron chi connectivity index (χ0n) is 15.4. The number of anilines is 3. The fourth-order valence-corrected chi connectivity index (χ4v) is 3.72. The Morgan fingerprint density at radius 1 is 1.28 bits per heavy atom. The van der Waals surface area contributed by atoms with Gasteiger partial charge in [-0.1, -0.05) is 0 Å². The van der Waals surface area contributed by atoms with Crippen LogP contribution in [-0.4, -0.2) is 28.9 Å². The third kappa shape index (κ3) is 4.84. The van der Waals surface area contributed by atoms with Crippen molar-refractivity contribution in [3.63, 3.8) is 0 Å². The smallest absolute Gasteiger partial charge is 0.268 e. The molecule has 29 heavy (non-hydrogen) atoms. The highest BCUT2D eigenvalue weighted by Gasteiger charge is 2.18. The van der Waals surface area contributed by atoms with E-state index in [0.29, 0.717) is 27.4 Å². The predicted molar refractivity (Wildman–Crippen MR) is 112 cm³/mol. The highest BCUT2D eigenvalue weighted by atomic mass is 32.1. The maximum Gasteiger partial charge on any atom is 0.268 e. The molecular weight excluding hydrogens is 410 g/mol. The number of carbonyl (C=O) groups is 2. The number of methoxy groups -OCH3 is 1. The van der Waals surface area contributed by atoms with Crippen molar-refractivity contribution >= 4 is 56.5 Å². The molecule has 0 atom stereocenters. The summed E-state index contributed by atoms with van der Waals surface area (Å²) in [6.07, 6.45) is 2.92. The first-order valence-corrected chi connectivity index (χ1v) is 10.0. The predicted octanol–water partition coefficient (Wildman–Crippen LogP) is 3.84. The Hall–Kier alpha value is -3.55. The van der Waals surface area contributed by atoms with Gasteiger partial charge in [0, 0.05) is 23.9 Å². The molecule has 2 aromatic heterocycles. The van der Waals surface area contributed by atoms with Crippen molar-refractivity contribution in [3.05, 3.63) is 52.5 Å². The number of benzene rings is 1. The first kappa shape index (κ1) is 20.2. The summed E-state index contributed by atoms with van der Waals surface area (Å²) in [6.45, 7) is 1.43. The van der Waals surface area contributed by atoms with E-state index < -0.39 is 5.91 Å². The molecule has 1 aromatic carbocycles. The normalized spacial score (nSPS) is 10.9. The summed E-state index contributed by atoms with van der Waals surface area (Å²) in [7, 11) is 1.56. The molecule has 0 aliphatic heterocycles. The van der Waals surface area contributed by atoms with Gasteiger partial charge in [-0.3, -0.25) is 19.8 Å². The van der Waals surface area contributed by atoms with E-state index in [1.54, 1.807) is 48.3 Å². The maximum absolute atomic E-state index is 12.2. The number of aromatic nitrogens is 2. The second-order valence-electron chi connectivity index (χ2n) is 5.57. The zero-order chi connectivity index (χ0) is 20.8. The molecule has 0 aliphatic carbocycles. The van der Waals surface area contributed by atoms with Crippen LogP contribution in [-0.2, 0) is 9.59 Å². The van der Waals surface area contributed by atoms with Gasteiger partial charge in [0.1, 0.15) is 17.4 Å². The Balaban J connectivity index is 1.85. The van der Waals surface area contributed by atoms with E-state index in [9.17, 15) is 14.9 Å². The molecule has 0 saturated heterocycles. The van der Waals surface area contributed by atoms with Gasteiger partial charge in [0.15, 0.2) is 10.3 Å². The summed E-state index contributed by atoms with van der Waals surface area (Å²) in [5.41, 5.74) is 0.914. The molecule has 0 fully saturated rings. The summed E-state index contributed by atoms with van der Waals surface area (Å²) >= 11 is 2.48. The highest BCUT2D eigenvalue weighted by molar-refractivity contribution is 7.14. The molecular formula is C19H15N5O3S2. The second-order valence-corrected chi connectivity index (χ2v) is 7.30. The summed E-state index contributed by atoms with van der Waals surface area (Å²) in [5.74, 6) is -0.123. The van der Waals surface area contributed by atoms with Crippen molar-refractivity contribution < 1.29 is 14.3 Å². The van der Waals surface area contributed by atoms with Crippen molar-refractivity contribution in [1.29, 1.82) is 5.26 Å². The quantitative estimate of drug-likeness (QED) is 0.475. The molecule has 0 aliphatic rings. The second kappa shape index (κ2) is 9.09. The van der Waals surface area contributed by atoms with Crippen molar-refractivity contribution in [2.24, 2.45) is 0 Å². The molecule has 146 valence electrons. The molecule has 8 nitrogen and oxygen atoms in total. The summed E-state index contributed by atoms with van der Waals surface area (Å²) in [4.78, 5) is 34.2. The lowest BCUT2D eigenvalue weighted by atomic mass is 10.2. The lowest BCUT2D eigenvalue weighted by Gasteiger charge is -2.18. The Morgan fingerprint density at radius 3 is 2.62 bits per heavy atom. The average molecular weight is 425 g/mol. The molecule has 0 spiro atoms. The first-order valence-electron chi connectivity index (χ1n) is 8.24. The molecule has 1 N–H and O–H groups in total. The number of nitrogens with one attached hydrogen (secondary N) is 1. The third-order valence-corrected chi connectivity index (χ3v) is 5.19. The van der Waals surface area contributed by atoms with E-state index in [-0.39, 0.29) is 11.5 Å². The van der Waals surface area contributed by atoms with Crippen molar-refractivity contribution in [2.45, 2.75) is 6.92 Å². The van der Waals surface area contributed by atoms with Crippen LogP contribution < -0.4 is 15.0 Å². The van der Waals surface area contributed by atoms with Gasteiger partial charge in [-0.2, -0.15) is 5.26 Å². The van der Waals surface area contributed by atoms with Crippen LogP contribution in [0.4, 0.5) is 16.0 Å². The third-order valence-electron chi connectivity index (χ3n) is 3.66. The molecule has 2 heterocycles. The fraction of sp³-hybridized carbons (Fsp3) is 0.105. The number of hydrogen-bond donors (Lipinski definition) is 1. The van der Waals surface area contributed by atoms with E-state index in [1.807, 2.05) is 6.07 Å². The number of ether oxygens (including phenoxy) is 1. The van der Waals surface area contributed by atoms with Gasteiger partial charge in [-0.15, -0.1) is 22.7 Å². The number of rotatable bonds is 6. The standard InChI is InChI=1S/C19H15N5O3S2/c1-12(25)24(15-3-5-16(27-2)6-4-15)19-22-14(11-29-19)9-13(10-20)17(26)23-18-21-7-8-28-18/h3-9,11H,1-2H3,(H,21,23,26)/b13-9+. The van der Waals surface area contributed by atoms with Gasteiger partial charge in [-0.05, 0) is 30.3 Å². The summed E-state index contributed by atoms with van der Waals surface area (Å²) < 4.78 is 5.14. The van der Waals surface area contributed by atoms with Crippen molar-refractivity contribution in [1.82, 2.24) is 9.97 Å². The minimum absolute atomic E-state index is 0.115. The van der Waals surface area contributed by atoms with E-state index >= 15 is 0 Å². The lowest BCUT2D eigenvalue weighted by Crippen LogP contribution is -2.22. The number of carbonyl (C=O) groups excluding carboxylic acids is 2. The van der Waals surface area contributed by atoms with E-state index in [4.69, 9.17) is 4.74 Å². The molecule has 10 heteroatoms. The van der Waals surface area contributed by atoms with Crippen molar-refractivity contribution in [2.75, 3.05) is 17.3 Å². The number of nitrogens with zero attached hydrogens (tertiary/aromatic N) is 4. The Morgan fingerprint density at radius 2 is 2.03 bits per heavy atom.